The molecule has 2 heterocycles. The average Bonchev–Trinajstić information content (AvgIpc) is 3.53. The van der Waals surface area contributed by atoms with Crippen molar-refractivity contribution in [1.29, 1.82) is 0 Å². The predicted molar refractivity (Wildman–Crippen MR) is 135 cm³/mol. The van der Waals surface area contributed by atoms with Gasteiger partial charge in [0.25, 0.3) is 5.91 Å². The highest BCUT2D eigenvalue weighted by Crippen LogP contribution is 2.21. The van der Waals surface area contributed by atoms with E-state index < -0.39 is 9.84 Å². The van der Waals surface area contributed by atoms with Gasteiger partial charge in [0.15, 0.2) is 0 Å². The zero-order valence-corrected chi connectivity index (χ0v) is 21.1. The molecule has 36 heavy (non-hydrogen) atoms. The third-order valence-corrected chi connectivity index (χ3v) is 7.36. The van der Waals surface area contributed by atoms with E-state index in [0.29, 0.717) is 29.2 Å². The lowest BCUT2D eigenvalue weighted by Gasteiger charge is -2.23. The lowest BCUT2D eigenvalue weighted by atomic mass is 10.1. The van der Waals surface area contributed by atoms with Crippen LogP contribution in [0.15, 0.2) is 88.8 Å². The van der Waals surface area contributed by atoms with E-state index in [4.69, 9.17) is 9.15 Å². The van der Waals surface area contributed by atoms with Gasteiger partial charge in [-0.05, 0) is 36.8 Å². The predicted octanol–water partition coefficient (Wildman–Crippen LogP) is 4.25. The number of carbonyl (C=O) groups is 1. The minimum atomic E-state index is -3.74. The number of carbonyl (C=O) groups excluding carboxylic acids is 1. The number of ether oxygens (including phenoxy) is 1. The van der Waals surface area contributed by atoms with Crippen molar-refractivity contribution >= 4 is 15.7 Å². The Morgan fingerprint density at radius 3 is 2.44 bits per heavy atom. The highest BCUT2D eigenvalue weighted by Gasteiger charge is 2.26. The SMILES string of the molecule is COCCn1c(CN(Cc2ccco2)C(=O)c2ccc(C)cc2)cnc1S(=O)(=O)Cc1ccccc1. The van der Waals surface area contributed by atoms with Gasteiger partial charge in [-0.1, -0.05) is 48.0 Å². The summed E-state index contributed by atoms with van der Waals surface area (Å²) < 4.78 is 39.0. The molecular weight excluding hydrogens is 478 g/mol. The van der Waals surface area contributed by atoms with E-state index in [1.165, 1.54) is 6.20 Å². The fraction of sp³-hybridized carbons (Fsp3) is 0.259. The number of imidazole rings is 1. The van der Waals surface area contributed by atoms with Gasteiger partial charge >= 0.3 is 0 Å². The zero-order chi connectivity index (χ0) is 25.5. The van der Waals surface area contributed by atoms with Crippen LogP contribution in [-0.4, -0.2) is 42.5 Å². The van der Waals surface area contributed by atoms with Gasteiger partial charge in [0.1, 0.15) is 5.76 Å². The standard InChI is InChI=1S/C27H29N3O5S/c1-21-10-12-23(13-11-21)26(31)29(19-25-9-6-15-35-25)18-24-17-28-27(30(24)14-16-34-2)36(32,33)20-22-7-4-3-5-8-22/h3-13,15,17H,14,16,18-20H2,1-2H3. The molecule has 0 bridgehead atoms. The Morgan fingerprint density at radius 2 is 1.78 bits per heavy atom. The third-order valence-electron chi connectivity index (χ3n) is 5.76. The van der Waals surface area contributed by atoms with Gasteiger partial charge in [-0.25, -0.2) is 13.4 Å². The van der Waals surface area contributed by atoms with Crippen molar-refractivity contribution in [2.45, 2.75) is 37.5 Å². The van der Waals surface area contributed by atoms with E-state index in [9.17, 15) is 13.2 Å². The Kier molecular flexibility index (Phi) is 8.02. The van der Waals surface area contributed by atoms with Crippen molar-refractivity contribution in [2.75, 3.05) is 13.7 Å². The molecule has 9 heteroatoms. The van der Waals surface area contributed by atoms with E-state index in [-0.39, 0.29) is 36.5 Å². The molecule has 0 atom stereocenters. The summed E-state index contributed by atoms with van der Waals surface area (Å²) in [4.78, 5) is 19.4. The maximum absolute atomic E-state index is 13.5. The van der Waals surface area contributed by atoms with Crippen LogP contribution in [0, 0.1) is 6.92 Å². The number of nitrogens with zero attached hydrogens (tertiary/aromatic N) is 3. The molecule has 0 aliphatic carbocycles. The minimum Gasteiger partial charge on any atom is -0.467 e. The molecule has 2 aromatic heterocycles. The summed E-state index contributed by atoms with van der Waals surface area (Å²) in [6.45, 7) is 2.90. The topological polar surface area (TPSA) is 94.6 Å². The molecule has 4 aromatic rings. The summed E-state index contributed by atoms with van der Waals surface area (Å²) in [7, 11) is -2.19. The number of aryl methyl sites for hydroxylation is 1. The van der Waals surface area contributed by atoms with E-state index in [1.807, 2.05) is 25.1 Å². The first-order valence-corrected chi connectivity index (χ1v) is 13.2. The van der Waals surface area contributed by atoms with Crippen LogP contribution < -0.4 is 0 Å². The monoisotopic (exact) mass is 507 g/mol. The number of furan rings is 1. The normalized spacial score (nSPS) is 11.5. The van der Waals surface area contributed by atoms with Crippen molar-refractivity contribution < 1.29 is 22.4 Å². The first-order valence-electron chi connectivity index (χ1n) is 11.6. The first-order chi connectivity index (χ1) is 17.4. The van der Waals surface area contributed by atoms with Crippen molar-refractivity contribution in [3.05, 3.63) is 107 Å². The van der Waals surface area contributed by atoms with Gasteiger partial charge in [0.2, 0.25) is 15.0 Å². The Bertz CT molecular complexity index is 1380. The number of methoxy groups -OCH3 is 1. The van der Waals surface area contributed by atoms with Crippen molar-refractivity contribution in [3.8, 4) is 0 Å². The molecule has 4 rings (SSSR count). The number of rotatable bonds is 11. The van der Waals surface area contributed by atoms with Gasteiger partial charge in [-0.15, -0.1) is 0 Å². The van der Waals surface area contributed by atoms with Gasteiger partial charge in [-0.3, -0.25) is 4.79 Å². The lowest BCUT2D eigenvalue weighted by molar-refractivity contribution is 0.0712. The molecule has 0 saturated heterocycles. The van der Waals surface area contributed by atoms with Gasteiger partial charge in [-0.2, -0.15) is 0 Å². The molecule has 2 aromatic carbocycles. The maximum atomic E-state index is 13.5. The maximum Gasteiger partial charge on any atom is 0.254 e. The van der Waals surface area contributed by atoms with E-state index in [0.717, 1.165) is 5.56 Å². The van der Waals surface area contributed by atoms with Crippen molar-refractivity contribution in [3.63, 3.8) is 0 Å². The molecule has 0 N–H and O–H groups in total. The molecule has 0 fully saturated rings. The van der Waals surface area contributed by atoms with Crippen molar-refractivity contribution in [2.24, 2.45) is 0 Å². The number of sulfone groups is 1. The van der Waals surface area contributed by atoms with Crippen LogP contribution in [0.2, 0.25) is 0 Å². The summed E-state index contributed by atoms with van der Waals surface area (Å²) >= 11 is 0. The Balaban J connectivity index is 1.67. The quantitative estimate of drug-likeness (QED) is 0.301. The van der Waals surface area contributed by atoms with E-state index in [1.54, 1.807) is 71.4 Å². The van der Waals surface area contributed by atoms with Crippen LogP contribution in [0.1, 0.15) is 32.9 Å². The summed E-state index contributed by atoms with van der Waals surface area (Å²) in [5, 5.41) is -0.0425. The van der Waals surface area contributed by atoms with Crippen LogP contribution in [0.3, 0.4) is 0 Å². The number of hydrogen-bond acceptors (Lipinski definition) is 6. The fourth-order valence-electron chi connectivity index (χ4n) is 3.91. The summed E-state index contributed by atoms with van der Waals surface area (Å²) in [6.07, 6.45) is 3.08. The number of hydrogen-bond donors (Lipinski definition) is 0. The van der Waals surface area contributed by atoms with Crippen LogP contribution in [0.5, 0.6) is 0 Å². The van der Waals surface area contributed by atoms with Crippen LogP contribution >= 0.6 is 0 Å². The number of aromatic nitrogens is 2. The Morgan fingerprint density at radius 1 is 1.03 bits per heavy atom. The van der Waals surface area contributed by atoms with Crippen LogP contribution in [0.25, 0.3) is 0 Å². The van der Waals surface area contributed by atoms with Crippen molar-refractivity contribution in [1.82, 2.24) is 14.5 Å². The van der Waals surface area contributed by atoms with Gasteiger partial charge in [0.05, 0.1) is 43.6 Å². The average molecular weight is 508 g/mol. The van der Waals surface area contributed by atoms with Crippen LogP contribution in [0.4, 0.5) is 0 Å². The Labute approximate surface area is 211 Å². The molecule has 188 valence electrons. The molecule has 0 aliphatic rings. The third kappa shape index (κ3) is 6.10. The smallest absolute Gasteiger partial charge is 0.254 e. The summed E-state index contributed by atoms with van der Waals surface area (Å²) in [6, 6.07) is 19.9. The summed E-state index contributed by atoms with van der Waals surface area (Å²) in [5.41, 5.74) is 2.85. The van der Waals surface area contributed by atoms with Gasteiger partial charge < -0.3 is 18.6 Å². The molecule has 0 unspecified atom stereocenters. The molecule has 0 aliphatic heterocycles. The zero-order valence-electron chi connectivity index (χ0n) is 20.3. The Hall–Kier alpha value is -3.69. The highest BCUT2D eigenvalue weighted by atomic mass is 32.2. The molecule has 0 radical (unpaired) electrons. The highest BCUT2D eigenvalue weighted by molar-refractivity contribution is 7.90. The second-order valence-electron chi connectivity index (χ2n) is 8.53. The van der Waals surface area contributed by atoms with E-state index in [2.05, 4.69) is 4.98 Å². The molecule has 0 saturated carbocycles. The molecule has 0 spiro atoms. The van der Waals surface area contributed by atoms with Crippen LogP contribution in [-0.2, 0) is 40.0 Å². The molecule has 8 nitrogen and oxygen atoms in total. The second kappa shape index (κ2) is 11.4. The molecular formula is C27H29N3O5S. The second-order valence-corrected chi connectivity index (χ2v) is 10.4. The number of amides is 1. The van der Waals surface area contributed by atoms with E-state index >= 15 is 0 Å². The van der Waals surface area contributed by atoms with Gasteiger partial charge in [0, 0.05) is 19.2 Å². The molecule has 1 amide bonds. The first kappa shape index (κ1) is 25.4. The minimum absolute atomic E-state index is 0.0425. The largest absolute Gasteiger partial charge is 0.467 e. The summed E-state index contributed by atoms with van der Waals surface area (Å²) in [5.74, 6) is 0.255. The number of benzene rings is 2. The lowest BCUT2D eigenvalue weighted by Crippen LogP contribution is -2.31. The fourth-order valence-corrected chi connectivity index (χ4v) is 5.43.